The second kappa shape index (κ2) is 7.20. The van der Waals surface area contributed by atoms with E-state index in [2.05, 4.69) is 62.4 Å². The minimum atomic E-state index is -2.92. The fourth-order valence-corrected chi connectivity index (χ4v) is 10.8. The Labute approximate surface area is 135 Å². The van der Waals surface area contributed by atoms with Crippen LogP contribution in [0.25, 0.3) is 0 Å². The third-order valence-electron chi connectivity index (χ3n) is 3.47. The predicted molar refractivity (Wildman–Crippen MR) is 88.3 cm³/mol. The maximum atomic E-state index is 12.1. The van der Waals surface area contributed by atoms with Gasteiger partial charge >= 0.3 is 136 Å². The Hall–Kier alpha value is -1.17. The monoisotopic (exact) mass is 474 g/mol. The normalized spacial score (nSPS) is 10.5. The summed E-state index contributed by atoms with van der Waals surface area (Å²) in [7, 11) is 0. The molecule has 0 aliphatic rings. The van der Waals surface area contributed by atoms with Crippen molar-refractivity contribution in [3.05, 3.63) is 59.7 Å². The predicted octanol–water partition coefficient (Wildman–Crippen LogP) is 2.61. The molecule has 0 radical (unpaired) electrons. The molecule has 0 atom stereocenters. The first-order chi connectivity index (χ1) is 9.97. The van der Waals surface area contributed by atoms with Crippen LogP contribution >= 0.6 is 0 Å². The van der Waals surface area contributed by atoms with Gasteiger partial charge in [0, 0.05) is 0 Å². The molecule has 0 aromatic heterocycles. The Bertz CT molecular complexity index is 555. The molecule has 2 rings (SSSR count). The van der Waals surface area contributed by atoms with Gasteiger partial charge in [-0.25, -0.2) is 0 Å². The summed E-state index contributed by atoms with van der Waals surface area (Å²) < 4.78 is 8.39. The molecule has 2 nitrogen and oxygen atoms in total. The maximum absolute atomic E-state index is 12.1. The van der Waals surface area contributed by atoms with E-state index in [1.807, 2.05) is 13.8 Å². The molecule has 0 saturated carbocycles. The van der Waals surface area contributed by atoms with Gasteiger partial charge in [-0.2, -0.15) is 0 Å². The standard InChI is InChI=1S/2C7H7.C4H8O2.Tl/c2*1-7-5-3-2-4-6-7;1-3(2)4(5)6;/h2*3-6H,1H3;3H,1-2H3,(H,5,6);/q;;;+1/p-1. The molecule has 21 heavy (non-hydrogen) atoms. The first-order valence-corrected chi connectivity index (χ1v) is 13.6. The van der Waals surface area contributed by atoms with E-state index in [-0.39, 0.29) is 11.9 Å². The number of carbonyl (C=O) groups is 1. The Balaban J connectivity index is 2.36. The van der Waals surface area contributed by atoms with E-state index in [1.165, 1.54) is 17.4 Å². The Morgan fingerprint density at radius 3 is 1.57 bits per heavy atom. The molecule has 2 aromatic rings. The van der Waals surface area contributed by atoms with E-state index in [0.717, 1.165) is 0 Å². The molecule has 2 aromatic carbocycles. The van der Waals surface area contributed by atoms with Crippen molar-refractivity contribution < 1.29 is 7.48 Å². The number of carbonyl (C=O) groups excluding carboxylic acids is 1. The molecule has 0 aliphatic carbocycles. The van der Waals surface area contributed by atoms with Crippen molar-refractivity contribution in [2.45, 2.75) is 27.7 Å². The molecule has 0 unspecified atom stereocenters. The van der Waals surface area contributed by atoms with Crippen LogP contribution in [0.5, 0.6) is 0 Å². The van der Waals surface area contributed by atoms with E-state index in [9.17, 15) is 4.79 Å². The van der Waals surface area contributed by atoms with Crippen LogP contribution in [0.1, 0.15) is 25.0 Å². The number of benzene rings is 2. The van der Waals surface area contributed by atoms with Crippen molar-refractivity contribution in [2.24, 2.45) is 5.92 Å². The van der Waals surface area contributed by atoms with Gasteiger partial charge in [-0.15, -0.1) is 0 Å². The molecule has 0 heterocycles. The van der Waals surface area contributed by atoms with Gasteiger partial charge in [-0.3, -0.25) is 0 Å². The van der Waals surface area contributed by atoms with Crippen LogP contribution in [-0.4, -0.2) is 29.1 Å². The number of rotatable bonds is 4. The molecule has 0 N–H and O–H groups in total. The third kappa shape index (κ3) is 4.40. The third-order valence-corrected chi connectivity index (χ3v) is 13.0. The van der Waals surface area contributed by atoms with Gasteiger partial charge in [0.2, 0.25) is 0 Å². The fourth-order valence-electron chi connectivity index (χ4n) is 2.06. The Morgan fingerprint density at radius 2 is 1.24 bits per heavy atom. The molecular formula is C18H21O2Tl. The van der Waals surface area contributed by atoms with Crippen molar-refractivity contribution in [3.63, 3.8) is 0 Å². The van der Waals surface area contributed by atoms with Crippen LogP contribution in [0.2, 0.25) is 0 Å². The zero-order chi connectivity index (χ0) is 15.4. The quantitative estimate of drug-likeness (QED) is 0.638. The van der Waals surface area contributed by atoms with Crippen LogP contribution < -0.4 is 6.25 Å². The average Bonchev–Trinajstić information content (AvgIpc) is 2.46. The van der Waals surface area contributed by atoms with Gasteiger partial charge in [0.15, 0.2) is 0 Å². The topological polar surface area (TPSA) is 26.3 Å². The van der Waals surface area contributed by atoms with Crippen LogP contribution in [0, 0.1) is 19.8 Å². The first kappa shape index (κ1) is 16.2. The van der Waals surface area contributed by atoms with Gasteiger partial charge in [0.1, 0.15) is 0 Å². The van der Waals surface area contributed by atoms with Crippen molar-refractivity contribution in [2.75, 3.05) is 0 Å². The van der Waals surface area contributed by atoms with Gasteiger partial charge < -0.3 is 0 Å². The summed E-state index contributed by atoms with van der Waals surface area (Å²) >= 11 is -2.92. The van der Waals surface area contributed by atoms with E-state index in [1.54, 1.807) is 0 Å². The summed E-state index contributed by atoms with van der Waals surface area (Å²) in [5.74, 6) is -0.161. The summed E-state index contributed by atoms with van der Waals surface area (Å²) in [6.07, 6.45) is 0. The van der Waals surface area contributed by atoms with Crippen molar-refractivity contribution in [1.82, 2.24) is 0 Å². The van der Waals surface area contributed by atoms with Gasteiger partial charge in [0.25, 0.3) is 0 Å². The van der Waals surface area contributed by atoms with Crippen LogP contribution in [0.3, 0.4) is 0 Å². The second-order valence-electron chi connectivity index (χ2n) is 5.79. The molecule has 0 saturated heterocycles. The fraction of sp³-hybridized carbons (Fsp3) is 0.278. The van der Waals surface area contributed by atoms with Gasteiger partial charge in [-0.1, -0.05) is 0 Å². The van der Waals surface area contributed by atoms with Gasteiger partial charge in [0.05, 0.1) is 0 Å². The minimum absolute atomic E-state index is 0.0802. The molecule has 0 fully saturated rings. The molecule has 0 spiro atoms. The van der Waals surface area contributed by atoms with Crippen LogP contribution in [-0.2, 0) is 7.48 Å². The molecule has 108 valence electrons. The van der Waals surface area contributed by atoms with Crippen molar-refractivity contribution >= 4 is 35.4 Å². The number of aryl methyl sites for hydroxylation is 2. The zero-order valence-electron chi connectivity index (χ0n) is 13.1. The average molecular weight is 474 g/mol. The summed E-state index contributed by atoms with van der Waals surface area (Å²) in [6.45, 7) is 7.92. The van der Waals surface area contributed by atoms with Crippen LogP contribution in [0.4, 0.5) is 0 Å². The SMILES string of the molecule is Cc1cc[c]([Tl]([O]C(=O)C(C)C)[c]2ccc(C)cc2)cc1. The van der Waals surface area contributed by atoms with E-state index in [0.29, 0.717) is 0 Å². The second-order valence-corrected chi connectivity index (χ2v) is 14.8. The molecule has 3 heteroatoms. The summed E-state index contributed by atoms with van der Waals surface area (Å²) in [5, 5.41) is 0. The van der Waals surface area contributed by atoms with E-state index in [4.69, 9.17) is 2.69 Å². The van der Waals surface area contributed by atoms with Crippen molar-refractivity contribution in [3.8, 4) is 0 Å². The number of hydrogen-bond donors (Lipinski definition) is 0. The van der Waals surface area contributed by atoms with Crippen molar-refractivity contribution in [1.29, 1.82) is 0 Å². The Kier molecular flexibility index (Phi) is 5.56. The summed E-state index contributed by atoms with van der Waals surface area (Å²) in [4.78, 5) is 12.1. The summed E-state index contributed by atoms with van der Waals surface area (Å²) in [5.41, 5.74) is 2.45. The molecule has 0 bridgehead atoms. The molecular weight excluding hydrogens is 453 g/mol. The molecule has 0 aliphatic heterocycles. The van der Waals surface area contributed by atoms with E-state index >= 15 is 0 Å². The van der Waals surface area contributed by atoms with Crippen LogP contribution in [0.15, 0.2) is 48.5 Å². The first-order valence-electron chi connectivity index (χ1n) is 7.31. The zero-order valence-corrected chi connectivity index (χ0v) is 17.6. The van der Waals surface area contributed by atoms with Gasteiger partial charge in [-0.05, 0) is 0 Å². The summed E-state index contributed by atoms with van der Waals surface area (Å²) in [6, 6.07) is 16.9. The number of hydrogen-bond acceptors (Lipinski definition) is 2. The molecule has 0 amide bonds. The Morgan fingerprint density at radius 1 is 0.857 bits per heavy atom. The van der Waals surface area contributed by atoms with E-state index < -0.39 is 23.2 Å².